The van der Waals surface area contributed by atoms with Crippen LogP contribution < -0.4 is 11.1 Å². The van der Waals surface area contributed by atoms with Gasteiger partial charge in [0.1, 0.15) is 11.9 Å². The minimum Gasteiger partial charge on any atom is -0.446 e. The van der Waals surface area contributed by atoms with Crippen LogP contribution in [-0.2, 0) is 15.7 Å². The van der Waals surface area contributed by atoms with Crippen LogP contribution in [-0.4, -0.2) is 52.1 Å². The monoisotopic (exact) mass is 453 g/mol. The topological polar surface area (TPSA) is 110 Å². The van der Waals surface area contributed by atoms with Crippen LogP contribution in [0.4, 0.5) is 23.8 Å². The number of amides is 2. The summed E-state index contributed by atoms with van der Waals surface area (Å²) >= 11 is 0. The first-order valence-electron chi connectivity index (χ1n) is 11.1. The number of carbonyl (C=O) groups is 2. The van der Waals surface area contributed by atoms with E-state index in [9.17, 15) is 22.8 Å². The fourth-order valence-electron chi connectivity index (χ4n) is 6.49. The highest BCUT2D eigenvalue weighted by Crippen LogP contribution is 2.60. The number of hydrogen-bond acceptors (Lipinski definition) is 6. The van der Waals surface area contributed by atoms with Crippen LogP contribution in [0.3, 0.4) is 0 Å². The number of aromatic nitrogens is 2. The van der Waals surface area contributed by atoms with Crippen LogP contribution >= 0.6 is 0 Å². The van der Waals surface area contributed by atoms with Crippen molar-refractivity contribution in [3.8, 4) is 0 Å². The van der Waals surface area contributed by atoms with Gasteiger partial charge < -0.3 is 20.7 Å². The number of rotatable bonds is 4. The molecule has 8 nitrogen and oxygen atoms in total. The SMILES string of the molecule is NC(=O)C12CC3CC(C1)C(OC(=O)N1CC[C@@H](Nc4ccnc(C(F)(F)F)n4)C1)C(C3)C2. The Morgan fingerprint density at radius 2 is 1.94 bits per heavy atom. The number of hydrogen-bond donors (Lipinski definition) is 2. The van der Waals surface area contributed by atoms with Crippen molar-refractivity contribution in [1.29, 1.82) is 0 Å². The molecule has 4 aliphatic carbocycles. The molecule has 6 rings (SSSR count). The van der Waals surface area contributed by atoms with E-state index in [0.29, 0.717) is 38.3 Å². The van der Waals surface area contributed by atoms with Crippen molar-refractivity contribution in [3.05, 3.63) is 18.1 Å². The normalized spacial score (nSPS) is 35.7. The summed E-state index contributed by atoms with van der Waals surface area (Å²) in [6.07, 6.45) is 0.567. The van der Waals surface area contributed by atoms with E-state index >= 15 is 0 Å². The van der Waals surface area contributed by atoms with Gasteiger partial charge in [-0.2, -0.15) is 13.2 Å². The second-order valence-corrected chi connectivity index (χ2v) is 9.80. The lowest BCUT2D eigenvalue weighted by Crippen LogP contribution is -2.59. The van der Waals surface area contributed by atoms with Crippen molar-refractivity contribution in [2.45, 2.75) is 56.8 Å². The maximum absolute atomic E-state index is 12.8. The molecule has 3 N–H and O–H groups in total. The average molecular weight is 453 g/mol. The van der Waals surface area contributed by atoms with Crippen LogP contribution in [0.2, 0.25) is 0 Å². The highest BCUT2D eigenvalue weighted by atomic mass is 19.4. The van der Waals surface area contributed by atoms with Crippen molar-refractivity contribution >= 4 is 17.8 Å². The van der Waals surface area contributed by atoms with Crippen LogP contribution in [0.1, 0.15) is 44.3 Å². The second-order valence-electron chi connectivity index (χ2n) is 9.80. The molecule has 4 saturated carbocycles. The van der Waals surface area contributed by atoms with Gasteiger partial charge in [-0.1, -0.05) is 0 Å². The molecule has 1 aromatic heterocycles. The third kappa shape index (κ3) is 3.75. The Balaban J connectivity index is 1.18. The molecule has 11 heteroatoms. The van der Waals surface area contributed by atoms with E-state index in [0.717, 1.165) is 25.5 Å². The molecular formula is C21H26F3N5O3. The predicted molar refractivity (Wildman–Crippen MR) is 106 cm³/mol. The molecule has 1 aliphatic heterocycles. The van der Waals surface area contributed by atoms with E-state index in [4.69, 9.17) is 10.5 Å². The maximum Gasteiger partial charge on any atom is 0.451 e. The average Bonchev–Trinajstić information content (AvgIpc) is 3.18. The first-order valence-corrected chi connectivity index (χ1v) is 11.1. The molecule has 174 valence electrons. The third-order valence-electron chi connectivity index (χ3n) is 7.65. The Labute approximate surface area is 183 Å². The van der Waals surface area contributed by atoms with E-state index in [1.54, 1.807) is 4.90 Å². The van der Waals surface area contributed by atoms with Crippen LogP contribution in [0, 0.1) is 23.2 Å². The number of nitrogens with zero attached hydrogens (tertiary/aromatic N) is 3. The van der Waals surface area contributed by atoms with Crippen molar-refractivity contribution in [2.75, 3.05) is 18.4 Å². The van der Waals surface area contributed by atoms with Gasteiger partial charge in [-0.15, -0.1) is 0 Å². The highest BCUT2D eigenvalue weighted by molar-refractivity contribution is 5.81. The zero-order valence-electron chi connectivity index (χ0n) is 17.5. The van der Waals surface area contributed by atoms with Gasteiger partial charge in [-0.05, 0) is 62.3 Å². The van der Waals surface area contributed by atoms with E-state index in [-0.39, 0.29) is 35.7 Å². The number of primary amides is 1. The van der Waals surface area contributed by atoms with Gasteiger partial charge in [-0.3, -0.25) is 4.79 Å². The molecule has 1 aromatic rings. The molecule has 3 atom stereocenters. The largest absolute Gasteiger partial charge is 0.451 e. The van der Waals surface area contributed by atoms with Crippen molar-refractivity contribution in [3.63, 3.8) is 0 Å². The number of nitrogens with one attached hydrogen (secondary N) is 1. The molecule has 0 spiro atoms. The minimum atomic E-state index is -4.62. The molecule has 2 heterocycles. The number of halogens is 3. The first kappa shape index (κ1) is 21.3. The first-order chi connectivity index (χ1) is 15.1. The summed E-state index contributed by atoms with van der Waals surface area (Å²) in [5.41, 5.74) is 5.28. The Bertz CT molecular complexity index is 910. The zero-order valence-corrected chi connectivity index (χ0v) is 17.5. The maximum atomic E-state index is 12.8. The summed E-state index contributed by atoms with van der Waals surface area (Å²) in [6, 6.07) is 1.15. The molecule has 4 bridgehead atoms. The number of likely N-dealkylation sites (tertiary alicyclic amines) is 1. The van der Waals surface area contributed by atoms with Crippen LogP contribution in [0.15, 0.2) is 12.3 Å². The number of alkyl halides is 3. The van der Waals surface area contributed by atoms with Gasteiger partial charge in [0, 0.05) is 25.3 Å². The number of nitrogens with two attached hydrogens (primary N) is 1. The van der Waals surface area contributed by atoms with Gasteiger partial charge in [0.2, 0.25) is 11.7 Å². The Morgan fingerprint density at radius 1 is 1.22 bits per heavy atom. The van der Waals surface area contributed by atoms with Crippen molar-refractivity contribution < 1.29 is 27.5 Å². The van der Waals surface area contributed by atoms with Crippen molar-refractivity contribution in [1.82, 2.24) is 14.9 Å². The van der Waals surface area contributed by atoms with E-state index in [2.05, 4.69) is 15.3 Å². The molecule has 5 aliphatic rings. The Kier molecular flexibility index (Phi) is 4.97. The molecule has 1 saturated heterocycles. The lowest BCUT2D eigenvalue weighted by atomic mass is 9.48. The lowest BCUT2D eigenvalue weighted by molar-refractivity contribution is -0.161. The van der Waals surface area contributed by atoms with E-state index in [1.807, 2.05) is 0 Å². The lowest BCUT2D eigenvalue weighted by Gasteiger charge is -2.58. The molecule has 0 radical (unpaired) electrons. The highest BCUT2D eigenvalue weighted by Gasteiger charge is 2.59. The summed E-state index contributed by atoms with van der Waals surface area (Å²) < 4.78 is 44.4. The number of anilines is 1. The molecule has 0 aromatic carbocycles. The molecule has 32 heavy (non-hydrogen) atoms. The second kappa shape index (κ2) is 7.48. The van der Waals surface area contributed by atoms with Crippen molar-refractivity contribution in [2.24, 2.45) is 28.9 Å². The van der Waals surface area contributed by atoms with Crippen LogP contribution in [0.5, 0.6) is 0 Å². The van der Waals surface area contributed by atoms with E-state index in [1.165, 1.54) is 6.07 Å². The quantitative estimate of drug-likeness (QED) is 0.726. The number of carbonyl (C=O) groups excluding carboxylic acids is 2. The summed E-state index contributed by atoms with van der Waals surface area (Å²) in [5.74, 6) is -0.553. The Hall–Kier alpha value is -2.59. The summed E-state index contributed by atoms with van der Waals surface area (Å²) in [5, 5.41) is 2.96. The molecular weight excluding hydrogens is 427 g/mol. The fraction of sp³-hybridized carbons (Fsp3) is 0.714. The van der Waals surface area contributed by atoms with Gasteiger partial charge in [-0.25, -0.2) is 14.8 Å². The zero-order chi connectivity index (χ0) is 22.7. The van der Waals surface area contributed by atoms with Crippen LogP contribution in [0.25, 0.3) is 0 Å². The summed E-state index contributed by atoms with van der Waals surface area (Å²) in [7, 11) is 0. The summed E-state index contributed by atoms with van der Waals surface area (Å²) in [4.78, 5) is 33.3. The predicted octanol–water partition coefficient (Wildman–Crippen LogP) is 2.80. The van der Waals surface area contributed by atoms with Gasteiger partial charge >= 0.3 is 12.3 Å². The standard InChI is InChI=1S/C21H26F3N5O3/c22-21(23,24)18-26-3-1-15(28-18)27-14-2-4-29(10-14)19(31)32-16-12-5-11-6-13(16)9-20(7-11,8-12)17(25)30/h1,3,11-14,16H,2,4-10H2,(H2,25,30)(H,26,27,28)/t11?,12?,13?,14-,16?,20?/m1/s1. The third-order valence-corrected chi connectivity index (χ3v) is 7.65. The molecule has 5 fully saturated rings. The van der Waals surface area contributed by atoms with Gasteiger partial charge in [0.15, 0.2) is 0 Å². The van der Waals surface area contributed by atoms with E-state index < -0.39 is 23.5 Å². The smallest absolute Gasteiger partial charge is 0.446 e. The minimum absolute atomic E-state index is 0.0744. The fourth-order valence-corrected chi connectivity index (χ4v) is 6.49. The molecule has 2 amide bonds. The Morgan fingerprint density at radius 3 is 2.59 bits per heavy atom. The van der Waals surface area contributed by atoms with Gasteiger partial charge in [0.25, 0.3) is 0 Å². The molecule has 2 unspecified atom stereocenters. The van der Waals surface area contributed by atoms with Gasteiger partial charge in [0.05, 0.1) is 5.41 Å². The number of ether oxygens (including phenoxy) is 1. The summed E-state index contributed by atoms with van der Waals surface area (Å²) in [6.45, 7) is 0.768.